The van der Waals surface area contributed by atoms with Gasteiger partial charge in [-0.2, -0.15) is 11.8 Å². The number of nitrogens with one attached hydrogen (secondary N) is 2. The molecule has 0 saturated carbocycles. The standard InChI is InChI=1S/C13H23N5S/c1-13(2,3)12-16-10(7-11(17-12)18-14)15-9-5-4-6-19-8-9/h7,9H,4-6,8,14H2,1-3H3,(H2,15,16,17,18). The maximum atomic E-state index is 5.49. The fraction of sp³-hybridized carbons (Fsp3) is 0.692. The Kier molecular flexibility index (Phi) is 4.52. The molecule has 1 aromatic heterocycles. The largest absolute Gasteiger partial charge is 0.366 e. The Hall–Kier alpha value is -1.01. The van der Waals surface area contributed by atoms with Crippen LogP contribution in [0.25, 0.3) is 0 Å². The minimum Gasteiger partial charge on any atom is -0.366 e. The van der Waals surface area contributed by atoms with E-state index in [1.807, 2.05) is 17.8 Å². The van der Waals surface area contributed by atoms with Crippen LogP contribution in [-0.2, 0) is 5.41 Å². The first-order chi connectivity index (χ1) is 8.99. The van der Waals surface area contributed by atoms with Crippen molar-refractivity contribution < 1.29 is 0 Å². The molecule has 4 N–H and O–H groups in total. The van der Waals surface area contributed by atoms with Gasteiger partial charge < -0.3 is 10.7 Å². The number of nitrogen functional groups attached to an aromatic ring is 1. The van der Waals surface area contributed by atoms with Gasteiger partial charge in [-0.3, -0.25) is 0 Å². The average Bonchev–Trinajstić information content (AvgIpc) is 2.38. The third kappa shape index (κ3) is 3.98. The van der Waals surface area contributed by atoms with Crippen LogP contribution in [0.5, 0.6) is 0 Å². The zero-order chi connectivity index (χ0) is 13.9. The molecule has 0 spiro atoms. The van der Waals surface area contributed by atoms with E-state index in [0.29, 0.717) is 11.9 Å². The molecule has 1 fully saturated rings. The molecule has 1 aliphatic rings. The second-order valence-corrected chi connectivity index (χ2v) is 7.06. The van der Waals surface area contributed by atoms with Gasteiger partial charge in [0.2, 0.25) is 0 Å². The minimum absolute atomic E-state index is 0.0927. The molecule has 5 nitrogen and oxygen atoms in total. The third-order valence-electron chi connectivity index (χ3n) is 3.06. The fourth-order valence-corrected chi connectivity index (χ4v) is 3.07. The van der Waals surface area contributed by atoms with Crippen LogP contribution in [-0.4, -0.2) is 27.5 Å². The Morgan fingerprint density at radius 1 is 1.32 bits per heavy atom. The first kappa shape index (κ1) is 14.4. The second-order valence-electron chi connectivity index (χ2n) is 5.91. The molecule has 1 saturated heterocycles. The topological polar surface area (TPSA) is 75.9 Å². The highest BCUT2D eigenvalue weighted by molar-refractivity contribution is 7.99. The Balaban J connectivity index is 2.19. The highest BCUT2D eigenvalue weighted by Gasteiger charge is 2.20. The minimum atomic E-state index is -0.0927. The van der Waals surface area contributed by atoms with Crippen LogP contribution in [0.4, 0.5) is 11.6 Å². The molecule has 2 rings (SSSR count). The van der Waals surface area contributed by atoms with Gasteiger partial charge in [-0.25, -0.2) is 15.8 Å². The van der Waals surface area contributed by atoms with Crippen molar-refractivity contribution in [3.05, 3.63) is 11.9 Å². The first-order valence-corrected chi connectivity index (χ1v) is 7.85. The molecule has 0 bridgehead atoms. The number of hydrazine groups is 1. The molecular formula is C13H23N5S. The lowest BCUT2D eigenvalue weighted by molar-refractivity contribution is 0.545. The highest BCUT2D eigenvalue weighted by atomic mass is 32.2. The molecule has 0 radical (unpaired) electrons. The molecule has 1 aliphatic heterocycles. The summed E-state index contributed by atoms with van der Waals surface area (Å²) in [5, 5.41) is 3.50. The SMILES string of the molecule is CC(C)(C)c1nc(NN)cc(NC2CCCSC2)n1. The molecule has 2 heterocycles. The van der Waals surface area contributed by atoms with Gasteiger partial charge in [0.1, 0.15) is 17.5 Å². The molecule has 106 valence electrons. The van der Waals surface area contributed by atoms with E-state index in [9.17, 15) is 0 Å². The summed E-state index contributed by atoms with van der Waals surface area (Å²) in [4.78, 5) is 9.04. The maximum Gasteiger partial charge on any atom is 0.145 e. The summed E-state index contributed by atoms with van der Waals surface area (Å²) < 4.78 is 0. The van der Waals surface area contributed by atoms with Crippen LogP contribution in [0.2, 0.25) is 0 Å². The summed E-state index contributed by atoms with van der Waals surface area (Å²) in [6, 6.07) is 2.36. The molecule has 1 unspecified atom stereocenters. The molecule has 0 aliphatic carbocycles. The normalized spacial score (nSPS) is 20.1. The molecule has 1 atom stereocenters. The zero-order valence-corrected chi connectivity index (χ0v) is 12.7. The quantitative estimate of drug-likeness (QED) is 0.583. The van der Waals surface area contributed by atoms with E-state index < -0.39 is 0 Å². The van der Waals surface area contributed by atoms with Crippen LogP contribution in [0.3, 0.4) is 0 Å². The van der Waals surface area contributed by atoms with E-state index in [0.717, 1.165) is 17.4 Å². The van der Waals surface area contributed by atoms with E-state index in [1.165, 1.54) is 18.6 Å². The van der Waals surface area contributed by atoms with E-state index in [-0.39, 0.29) is 5.41 Å². The molecule has 0 amide bonds. The Morgan fingerprint density at radius 2 is 2.05 bits per heavy atom. The van der Waals surface area contributed by atoms with Gasteiger partial charge in [-0.05, 0) is 18.6 Å². The molecule has 0 aromatic carbocycles. The smallest absolute Gasteiger partial charge is 0.145 e. The molecule has 19 heavy (non-hydrogen) atoms. The van der Waals surface area contributed by atoms with Crippen molar-refractivity contribution in [2.75, 3.05) is 22.2 Å². The summed E-state index contributed by atoms with van der Waals surface area (Å²) in [5.41, 5.74) is 2.53. The van der Waals surface area contributed by atoms with Crippen LogP contribution in [0, 0.1) is 0 Å². The van der Waals surface area contributed by atoms with Crippen molar-refractivity contribution in [3.63, 3.8) is 0 Å². The number of anilines is 2. The van der Waals surface area contributed by atoms with Crippen LogP contribution < -0.4 is 16.6 Å². The molecular weight excluding hydrogens is 258 g/mol. The number of aromatic nitrogens is 2. The third-order valence-corrected chi connectivity index (χ3v) is 4.27. The summed E-state index contributed by atoms with van der Waals surface area (Å²) in [6.45, 7) is 6.30. The second kappa shape index (κ2) is 5.96. The van der Waals surface area contributed by atoms with Crippen molar-refractivity contribution in [1.29, 1.82) is 0 Å². The van der Waals surface area contributed by atoms with Crippen LogP contribution in [0.15, 0.2) is 6.07 Å². The predicted octanol–water partition coefficient (Wildman–Crippen LogP) is 2.37. The maximum absolute atomic E-state index is 5.49. The van der Waals surface area contributed by atoms with Crippen molar-refractivity contribution in [2.45, 2.75) is 45.1 Å². The Labute approximate surface area is 119 Å². The van der Waals surface area contributed by atoms with Crippen molar-refractivity contribution >= 4 is 23.4 Å². The van der Waals surface area contributed by atoms with E-state index in [4.69, 9.17) is 5.84 Å². The number of thioether (sulfide) groups is 1. The van der Waals surface area contributed by atoms with Gasteiger partial charge >= 0.3 is 0 Å². The van der Waals surface area contributed by atoms with Gasteiger partial charge in [0.25, 0.3) is 0 Å². The summed E-state index contributed by atoms with van der Waals surface area (Å²) >= 11 is 2.00. The highest BCUT2D eigenvalue weighted by Crippen LogP contribution is 2.24. The van der Waals surface area contributed by atoms with E-state index >= 15 is 0 Å². The Morgan fingerprint density at radius 3 is 2.63 bits per heavy atom. The lowest BCUT2D eigenvalue weighted by Gasteiger charge is -2.24. The van der Waals surface area contributed by atoms with E-state index in [1.54, 1.807) is 0 Å². The van der Waals surface area contributed by atoms with Gasteiger partial charge in [0.05, 0.1) is 0 Å². The number of hydrogen-bond acceptors (Lipinski definition) is 6. The van der Waals surface area contributed by atoms with E-state index in [2.05, 4.69) is 41.5 Å². The zero-order valence-electron chi connectivity index (χ0n) is 11.9. The predicted molar refractivity (Wildman–Crippen MR) is 82.5 cm³/mol. The number of hydrogen-bond donors (Lipinski definition) is 3. The fourth-order valence-electron chi connectivity index (χ4n) is 1.99. The van der Waals surface area contributed by atoms with Crippen LogP contribution in [0.1, 0.15) is 39.4 Å². The van der Waals surface area contributed by atoms with Gasteiger partial charge in [-0.15, -0.1) is 0 Å². The average molecular weight is 281 g/mol. The lowest BCUT2D eigenvalue weighted by Crippen LogP contribution is -2.27. The number of nitrogens with zero attached hydrogens (tertiary/aromatic N) is 2. The molecule has 6 heteroatoms. The number of rotatable bonds is 3. The van der Waals surface area contributed by atoms with Gasteiger partial charge in [0, 0.05) is 23.3 Å². The molecule has 1 aromatic rings. The van der Waals surface area contributed by atoms with Crippen molar-refractivity contribution in [3.8, 4) is 0 Å². The van der Waals surface area contributed by atoms with Crippen LogP contribution >= 0.6 is 11.8 Å². The van der Waals surface area contributed by atoms with Crippen molar-refractivity contribution in [1.82, 2.24) is 9.97 Å². The van der Waals surface area contributed by atoms with Gasteiger partial charge in [0.15, 0.2) is 0 Å². The van der Waals surface area contributed by atoms with Gasteiger partial charge in [-0.1, -0.05) is 20.8 Å². The Bertz CT molecular complexity index is 424. The summed E-state index contributed by atoms with van der Waals surface area (Å²) in [5.74, 6) is 10.2. The lowest BCUT2D eigenvalue weighted by atomic mass is 9.96. The first-order valence-electron chi connectivity index (χ1n) is 6.69. The monoisotopic (exact) mass is 281 g/mol. The summed E-state index contributed by atoms with van der Waals surface area (Å²) in [6.07, 6.45) is 2.47. The number of nitrogens with two attached hydrogens (primary N) is 1. The van der Waals surface area contributed by atoms with Crippen molar-refractivity contribution in [2.24, 2.45) is 5.84 Å². The summed E-state index contributed by atoms with van der Waals surface area (Å²) in [7, 11) is 0.